The van der Waals surface area contributed by atoms with Crippen LogP contribution in [0.5, 0.6) is 0 Å². The first kappa shape index (κ1) is 11.9. The van der Waals surface area contributed by atoms with Gasteiger partial charge in [-0.05, 0) is 32.4 Å². The van der Waals surface area contributed by atoms with Crippen molar-refractivity contribution >= 4 is 0 Å². The standard InChI is InChI=1S/C14H18N2O/c1-9-4-5-10(2)12(8-9)14-11(3)15-13(16-14)6-7-17/h4-5,8,17H,6-7H2,1-3H3,(H,15,16). The number of hydrogen-bond donors (Lipinski definition) is 2. The number of aliphatic hydroxyl groups excluding tert-OH is 1. The summed E-state index contributed by atoms with van der Waals surface area (Å²) in [5.74, 6) is 0.848. The maximum Gasteiger partial charge on any atom is 0.109 e. The zero-order chi connectivity index (χ0) is 12.4. The van der Waals surface area contributed by atoms with Gasteiger partial charge in [0.2, 0.25) is 0 Å². The Morgan fingerprint density at radius 1 is 1.24 bits per heavy atom. The highest BCUT2D eigenvalue weighted by atomic mass is 16.3. The molecule has 90 valence electrons. The van der Waals surface area contributed by atoms with Gasteiger partial charge in [0.1, 0.15) is 5.82 Å². The van der Waals surface area contributed by atoms with E-state index in [2.05, 4.69) is 42.0 Å². The van der Waals surface area contributed by atoms with Crippen molar-refractivity contribution in [3.8, 4) is 11.3 Å². The fourth-order valence-electron chi connectivity index (χ4n) is 2.00. The van der Waals surface area contributed by atoms with Gasteiger partial charge >= 0.3 is 0 Å². The number of rotatable bonds is 3. The van der Waals surface area contributed by atoms with Gasteiger partial charge in [0.15, 0.2) is 0 Å². The number of aliphatic hydroxyl groups is 1. The molecule has 17 heavy (non-hydrogen) atoms. The van der Waals surface area contributed by atoms with Gasteiger partial charge in [0, 0.05) is 17.7 Å². The van der Waals surface area contributed by atoms with E-state index in [9.17, 15) is 0 Å². The van der Waals surface area contributed by atoms with Gasteiger partial charge in [0.05, 0.1) is 12.3 Å². The van der Waals surface area contributed by atoms with Crippen molar-refractivity contribution in [2.45, 2.75) is 27.2 Å². The average molecular weight is 230 g/mol. The van der Waals surface area contributed by atoms with Gasteiger partial charge in [-0.2, -0.15) is 0 Å². The summed E-state index contributed by atoms with van der Waals surface area (Å²) in [7, 11) is 0. The van der Waals surface area contributed by atoms with Crippen LogP contribution in [-0.2, 0) is 6.42 Å². The lowest BCUT2D eigenvalue weighted by Crippen LogP contribution is -1.92. The van der Waals surface area contributed by atoms with Gasteiger partial charge in [0.25, 0.3) is 0 Å². The van der Waals surface area contributed by atoms with Gasteiger partial charge in [-0.25, -0.2) is 4.98 Å². The summed E-state index contributed by atoms with van der Waals surface area (Å²) in [5, 5.41) is 8.93. The number of nitrogens with zero attached hydrogens (tertiary/aromatic N) is 1. The predicted molar refractivity (Wildman–Crippen MR) is 69.0 cm³/mol. The maximum absolute atomic E-state index is 8.93. The first-order chi connectivity index (χ1) is 8.11. The summed E-state index contributed by atoms with van der Waals surface area (Å²) in [5.41, 5.74) is 5.68. The van der Waals surface area contributed by atoms with E-state index in [-0.39, 0.29) is 6.61 Å². The third-order valence-electron chi connectivity index (χ3n) is 2.93. The molecule has 0 atom stereocenters. The highest BCUT2D eigenvalue weighted by Gasteiger charge is 2.10. The molecule has 0 radical (unpaired) electrons. The van der Waals surface area contributed by atoms with Crippen molar-refractivity contribution in [2.24, 2.45) is 0 Å². The molecule has 0 spiro atoms. The number of nitrogens with one attached hydrogen (secondary N) is 1. The quantitative estimate of drug-likeness (QED) is 0.851. The first-order valence-corrected chi connectivity index (χ1v) is 5.86. The molecule has 0 bridgehead atoms. The summed E-state index contributed by atoms with van der Waals surface area (Å²) in [6, 6.07) is 6.38. The highest BCUT2D eigenvalue weighted by Crippen LogP contribution is 2.25. The lowest BCUT2D eigenvalue weighted by Gasteiger charge is -2.05. The zero-order valence-electron chi connectivity index (χ0n) is 10.5. The SMILES string of the molecule is Cc1ccc(C)c(-c2nc(CCO)[nH]c2C)c1. The summed E-state index contributed by atoms with van der Waals surface area (Å²) in [6.07, 6.45) is 0.575. The zero-order valence-corrected chi connectivity index (χ0v) is 10.5. The summed E-state index contributed by atoms with van der Waals surface area (Å²) in [6.45, 7) is 6.32. The van der Waals surface area contributed by atoms with Gasteiger partial charge in [-0.1, -0.05) is 17.7 Å². The second-order valence-corrected chi connectivity index (χ2v) is 4.45. The Hall–Kier alpha value is -1.61. The monoisotopic (exact) mass is 230 g/mol. The molecule has 3 heteroatoms. The van der Waals surface area contributed by atoms with E-state index in [1.54, 1.807) is 0 Å². The van der Waals surface area contributed by atoms with Gasteiger partial charge in [-0.15, -0.1) is 0 Å². The fraction of sp³-hybridized carbons (Fsp3) is 0.357. The molecule has 0 saturated heterocycles. The molecule has 0 unspecified atom stereocenters. The van der Waals surface area contributed by atoms with Crippen LogP contribution in [0, 0.1) is 20.8 Å². The van der Waals surface area contributed by atoms with Crippen molar-refractivity contribution in [1.82, 2.24) is 9.97 Å². The van der Waals surface area contributed by atoms with Crippen LogP contribution in [-0.4, -0.2) is 21.7 Å². The van der Waals surface area contributed by atoms with Crippen LogP contribution < -0.4 is 0 Å². The predicted octanol–water partition coefficient (Wildman–Crippen LogP) is 2.54. The number of aromatic amines is 1. The maximum atomic E-state index is 8.93. The fourth-order valence-corrected chi connectivity index (χ4v) is 2.00. The lowest BCUT2D eigenvalue weighted by molar-refractivity contribution is 0.297. The highest BCUT2D eigenvalue weighted by molar-refractivity contribution is 5.66. The number of benzene rings is 1. The largest absolute Gasteiger partial charge is 0.396 e. The number of imidazole rings is 1. The van der Waals surface area contributed by atoms with E-state index in [4.69, 9.17) is 5.11 Å². The molecule has 2 aromatic rings. The molecule has 0 fully saturated rings. The molecule has 3 nitrogen and oxygen atoms in total. The average Bonchev–Trinajstić information content (AvgIpc) is 2.64. The van der Waals surface area contributed by atoms with Gasteiger partial charge in [-0.3, -0.25) is 0 Å². The van der Waals surface area contributed by atoms with E-state index in [0.29, 0.717) is 6.42 Å². The molecule has 1 aromatic heterocycles. The molecule has 1 heterocycles. The Bertz CT molecular complexity index is 529. The van der Waals surface area contributed by atoms with Crippen molar-refractivity contribution in [3.05, 3.63) is 40.8 Å². The molecule has 0 saturated carbocycles. The minimum absolute atomic E-state index is 0.124. The Labute approximate surface area is 102 Å². The second kappa shape index (κ2) is 4.72. The van der Waals surface area contributed by atoms with Crippen LogP contribution >= 0.6 is 0 Å². The third-order valence-corrected chi connectivity index (χ3v) is 2.93. The Kier molecular flexibility index (Phi) is 3.29. The molecule has 0 aliphatic carbocycles. The van der Waals surface area contributed by atoms with Crippen LogP contribution in [0.4, 0.5) is 0 Å². The molecule has 2 N–H and O–H groups in total. The Morgan fingerprint density at radius 3 is 2.71 bits per heavy atom. The minimum atomic E-state index is 0.124. The van der Waals surface area contributed by atoms with Crippen LogP contribution in [0.2, 0.25) is 0 Å². The molecular weight excluding hydrogens is 212 g/mol. The van der Waals surface area contributed by atoms with E-state index >= 15 is 0 Å². The smallest absolute Gasteiger partial charge is 0.109 e. The second-order valence-electron chi connectivity index (χ2n) is 4.45. The van der Waals surface area contributed by atoms with E-state index in [0.717, 1.165) is 17.2 Å². The lowest BCUT2D eigenvalue weighted by atomic mass is 10.0. The molecule has 0 aliphatic rings. The molecule has 2 rings (SSSR count). The van der Waals surface area contributed by atoms with E-state index in [1.165, 1.54) is 16.7 Å². The number of hydrogen-bond acceptors (Lipinski definition) is 2. The topological polar surface area (TPSA) is 48.9 Å². The normalized spacial score (nSPS) is 10.8. The van der Waals surface area contributed by atoms with E-state index < -0.39 is 0 Å². The van der Waals surface area contributed by atoms with Crippen LogP contribution in [0.1, 0.15) is 22.6 Å². The van der Waals surface area contributed by atoms with Crippen molar-refractivity contribution in [1.29, 1.82) is 0 Å². The molecular formula is C14H18N2O. The Balaban J connectivity index is 2.48. The first-order valence-electron chi connectivity index (χ1n) is 5.86. The molecule has 0 amide bonds. The van der Waals surface area contributed by atoms with Crippen LogP contribution in [0.15, 0.2) is 18.2 Å². The summed E-state index contributed by atoms with van der Waals surface area (Å²) >= 11 is 0. The number of aromatic nitrogens is 2. The third kappa shape index (κ3) is 2.39. The van der Waals surface area contributed by atoms with Gasteiger partial charge < -0.3 is 10.1 Å². The summed E-state index contributed by atoms with van der Waals surface area (Å²) in [4.78, 5) is 7.78. The van der Waals surface area contributed by atoms with E-state index in [1.807, 2.05) is 6.92 Å². The Morgan fingerprint density at radius 2 is 2.00 bits per heavy atom. The number of H-pyrrole nitrogens is 1. The van der Waals surface area contributed by atoms with Crippen LogP contribution in [0.25, 0.3) is 11.3 Å². The van der Waals surface area contributed by atoms with Crippen molar-refractivity contribution < 1.29 is 5.11 Å². The number of aryl methyl sites for hydroxylation is 3. The van der Waals surface area contributed by atoms with Crippen LogP contribution in [0.3, 0.4) is 0 Å². The van der Waals surface area contributed by atoms with Crippen molar-refractivity contribution in [3.63, 3.8) is 0 Å². The summed E-state index contributed by atoms with van der Waals surface area (Å²) < 4.78 is 0. The van der Waals surface area contributed by atoms with Crippen molar-refractivity contribution in [2.75, 3.05) is 6.61 Å². The molecule has 0 aliphatic heterocycles. The minimum Gasteiger partial charge on any atom is -0.396 e. The molecule has 1 aromatic carbocycles.